The van der Waals surface area contributed by atoms with Crippen molar-refractivity contribution in [2.24, 2.45) is 5.92 Å². The van der Waals surface area contributed by atoms with Gasteiger partial charge in [-0.1, -0.05) is 83.1 Å². The van der Waals surface area contributed by atoms with Gasteiger partial charge in [-0.05, 0) is 34.2 Å². The van der Waals surface area contributed by atoms with Crippen LogP contribution in [0.4, 0.5) is 0 Å². The van der Waals surface area contributed by atoms with Crippen LogP contribution in [0, 0.1) is 5.92 Å². The highest BCUT2D eigenvalue weighted by Gasteiger charge is 2.25. The number of aryl methyl sites for hydroxylation is 1. The molecule has 0 fully saturated rings. The fraction of sp³-hybridized carbons (Fsp3) is 0.400. The maximum Gasteiger partial charge on any atom is 0.346 e. The predicted molar refractivity (Wildman–Crippen MR) is 129 cm³/mol. The van der Waals surface area contributed by atoms with Gasteiger partial charge in [0.25, 0.3) is 0 Å². The zero-order valence-electron chi connectivity index (χ0n) is 19.9. The van der Waals surface area contributed by atoms with E-state index in [1.807, 2.05) is 28.8 Å². The average Bonchev–Trinajstić information content (AvgIpc) is 3.42. The molecule has 0 aliphatic heterocycles. The van der Waals surface area contributed by atoms with Gasteiger partial charge in [0.15, 0.2) is 0 Å². The van der Waals surface area contributed by atoms with Crippen LogP contribution in [0.25, 0.3) is 22.5 Å². The van der Waals surface area contributed by atoms with Crippen LogP contribution in [0.5, 0.6) is 0 Å². The first-order valence-corrected chi connectivity index (χ1v) is 11.3. The average molecular weight is 446 g/mol. The minimum atomic E-state index is -0.230. The monoisotopic (exact) mass is 445 g/mol. The van der Waals surface area contributed by atoms with Crippen molar-refractivity contribution in [1.29, 1.82) is 0 Å². The van der Waals surface area contributed by atoms with Crippen LogP contribution in [0.1, 0.15) is 52.4 Å². The molecule has 4 aromatic rings. The Bertz CT molecular complexity index is 1260. The Morgan fingerprint density at radius 2 is 1.70 bits per heavy atom. The summed E-state index contributed by atoms with van der Waals surface area (Å²) in [6.45, 7) is 11.7. The molecule has 172 valence electrons. The van der Waals surface area contributed by atoms with Gasteiger partial charge in [-0.3, -0.25) is 4.57 Å². The fourth-order valence-corrected chi connectivity index (χ4v) is 3.84. The molecule has 33 heavy (non-hydrogen) atoms. The summed E-state index contributed by atoms with van der Waals surface area (Å²) in [5.41, 5.74) is 3.76. The summed E-state index contributed by atoms with van der Waals surface area (Å²) in [6.07, 6.45) is 0.926. The Balaban J connectivity index is 1.64. The molecular formula is C25H31N7O. The first-order chi connectivity index (χ1) is 15.7. The van der Waals surface area contributed by atoms with Gasteiger partial charge in [-0.25, -0.2) is 9.48 Å². The molecule has 1 N–H and O–H groups in total. The van der Waals surface area contributed by atoms with E-state index in [4.69, 9.17) is 5.10 Å². The van der Waals surface area contributed by atoms with Gasteiger partial charge in [0.1, 0.15) is 5.82 Å². The Morgan fingerprint density at radius 3 is 2.30 bits per heavy atom. The quantitative estimate of drug-likeness (QED) is 0.458. The van der Waals surface area contributed by atoms with Crippen LogP contribution in [-0.2, 0) is 18.5 Å². The summed E-state index contributed by atoms with van der Waals surface area (Å²) in [6, 6.07) is 16.2. The highest BCUT2D eigenvalue weighted by atomic mass is 16.2. The number of nitrogens with zero attached hydrogens (tertiary/aromatic N) is 6. The number of aromatic nitrogens is 7. The van der Waals surface area contributed by atoms with E-state index in [1.54, 1.807) is 4.68 Å². The zero-order chi connectivity index (χ0) is 23.6. The molecule has 0 aliphatic carbocycles. The normalized spacial score (nSPS) is 11.9. The maximum atomic E-state index is 13.2. The summed E-state index contributed by atoms with van der Waals surface area (Å²) in [7, 11) is 0. The molecule has 8 nitrogen and oxygen atoms in total. The third-order valence-electron chi connectivity index (χ3n) is 5.63. The van der Waals surface area contributed by atoms with E-state index in [0.29, 0.717) is 24.8 Å². The van der Waals surface area contributed by atoms with Crippen molar-refractivity contribution in [3.05, 3.63) is 70.4 Å². The van der Waals surface area contributed by atoms with Crippen molar-refractivity contribution in [1.82, 2.24) is 35.0 Å². The maximum absolute atomic E-state index is 13.2. The van der Waals surface area contributed by atoms with Crippen molar-refractivity contribution in [3.63, 3.8) is 0 Å². The molecule has 0 unspecified atom stereocenters. The first kappa shape index (κ1) is 22.6. The van der Waals surface area contributed by atoms with Crippen molar-refractivity contribution >= 4 is 0 Å². The smallest absolute Gasteiger partial charge is 0.274 e. The summed E-state index contributed by atoms with van der Waals surface area (Å²) in [5.74, 6) is 1.88. The standard InChI is InChI=1S/C25H31N7O/c1-17(2)14-15-32-24(33)31(23(28-32)25(3,4)5)16-18-10-12-19(13-11-18)20-8-6-7-9-21(20)22-26-29-30-27-22/h6-13,17H,14-16H2,1-5H3,(H,26,27,29,30). The van der Waals surface area contributed by atoms with Gasteiger partial charge in [0.05, 0.1) is 6.54 Å². The number of tetrazole rings is 1. The molecule has 0 amide bonds. The minimum absolute atomic E-state index is 0.0490. The second-order valence-electron chi connectivity index (χ2n) is 9.83. The number of H-pyrrole nitrogens is 1. The highest BCUT2D eigenvalue weighted by Crippen LogP contribution is 2.30. The van der Waals surface area contributed by atoms with Gasteiger partial charge in [-0.2, -0.15) is 10.3 Å². The van der Waals surface area contributed by atoms with E-state index in [9.17, 15) is 4.79 Å². The first-order valence-electron chi connectivity index (χ1n) is 11.3. The van der Waals surface area contributed by atoms with Crippen molar-refractivity contribution in [2.75, 3.05) is 0 Å². The molecule has 0 spiro atoms. The van der Waals surface area contributed by atoms with E-state index in [-0.39, 0.29) is 11.1 Å². The molecule has 2 aromatic carbocycles. The summed E-state index contributed by atoms with van der Waals surface area (Å²) in [5, 5.41) is 19.1. The Kier molecular flexibility index (Phi) is 6.26. The van der Waals surface area contributed by atoms with E-state index < -0.39 is 0 Å². The Labute approximate surface area is 193 Å². The van der Waals surface area contributed by atoms with Gasteiger partial charge in [0, 0.05) is 17.5 Å². The molecule has 8 heteroatoms. The minimum Gasteiger partial charge on any atom is -0.274 e. The number of nitrogens with one attached hydrogen (secondary N) is 1. The molecule has 0 bridgehead atoms. The Morgan fingerprint density at radius 1 is 1.00 bits per heavy atom. The number of hydrogen-bond donors (Lipinski definition) is 1. The van der Waals surface area contributed by atoms with Gasteiger partial charge >= 0.3 is 5.69 Å². The van der Waals surface area contributed by atoms with E-state index >= 15 is 0 Å². The second kappa shape index (κ2) is 9.13. The fourth-order valence-electron chi connectivity index (χ4n) is 3.84. The largest absolute Gasteiger partial charge is 0.346 e. The number of hydrogen-bond acceptors (Lipinski definition) is 5. The number of aromatic amines is 1. The zero-order valence-corrected chi connectivity index (χ0v) is 19.9. The SMILES string of the molecule is CC(C)CCn1nc(C(C)(C)C)n(Cc2ccc(-c3ccccc3-c3nn[nH]n3)cc2)c1=O. The van der Waals surface area contributed by atoms with E-state index in [0.717, 1.165) is 34.5 Å². The Hall–Kier alpha value is -3.55. The van der Waals surface area contributed by atoms with Crippen molar-refractivity contribution < 1.29 is 0 Å². The van der Waals surface area contributed by atoms with E-state index in [2.05, 4.69) is 79.5 Å². The molecule has 0 atom stereocenters. The topological polar surface area (TPSA) is 94.3 Å². The van der Waals surface area contributed by atoms with Crippen molar-refractivity contribution in [2.45, 2.75) is 59.5 Å². The van der Waals surface area contributed by atoms with Crippen LogP contribution in [0.3, 0.4) is 0 Å². The lowest BCUT2D eigenvalue weighted by atomic mass is 9.95. The predicted octanol–water partition coefficient (Wildman–Crippen LogP) is 4.28. The molecule has 2 aromatic heterocycles. The summed E-state index contributed by atoms with van der Waals surface area (Å²) < 4.78 is 3.43. The van der Waals surface area contributed by atoms with Crippen LogP contribution in [-0.4, -0.2) is 35.0 Å². The highest BCUT2D eigenvalue weighted by molar-refractivity contribution is 5.80. The lowest BCUT2D eigenvalue weighted by Crippen LogP contribution is -2.28. The molecule has 0 saturated heterocycles. The van der Waals surface area contributed by atoms with Crippen molar-refractivity contribution in [3.8, 4) is 22.5 Å². The second-order valence-corrected chi connectivity index (χ2v) is 9.83. The summed E-state index contributed by atoms with van der Waals surface area (Å²) >= 11 is 0. The molecular weight excluding hydrogens is 414 g/mol. The van der Waals surface area contributed by atoms with Crippen LogP contribution < -0.4 is 5.69 Å². The number of benzene rings is 2. The van der Waals surface area contributed by atoms with Gasteiger partial charge in [-0.15, -0.1) is 10.2 Å². The molecule has 2 heterocycles. The molecule has 4 rings (SSSR count). The number of rotatable bonds is 7. The molecule has 0 aliphatic rings. The van der Waals surface area contributed by atoms with Crippen LogP contribution >= 0.6 is 0 Å². The third-order valence-corrected chi connectivity index (χ3v) is 5.63. The lowest BCUT2D eigenvalue weighted by Gasteiger charge is -2.18. The van der Waals surface area contributed by atoms with Gasteiger partial charge < -0.3 is 0 Å². The summed E-state index contributed by atoms with van der Waals surface area (Å²) in [4.78, 5) is 13.2. The molecule has 0 saturated carbocycles. The third kappa shape index (κ3) is 4.94. The molecule has 0 radical (unpaired) electrons. The van der Waals surface area contributed by atoms with Gasteiger partial charge in [0.2, 0.25) is 5.82 Å². The van der Waals surface area contributed by atoms with Crippen LogP contribution in [0.15, 0.2) is 53.3 Å². The van der Waals surface area contributed by atoms with Crippen LogP contribution in [0.2, 0.25) is 0 Å². The van der Waals surface area contributed by atoms with E-state index in [1.165, 1.54) is 0 Å². The lowest BCUT2D eigenvalue weighted by molar-refractivity contribution is 0.465.